The monoisotopic (exact) mass is 290 g/mol. The highest BCUT2D eigenvalue weighted by Crippen LogP contribution is 2.37. The highest BCUT2D eigenvalue weighted by Gasteiger charge is 2.38. The molecule has 116 valence electrons. The molecular formula is C17H26N2O2. The van der Waals surface area contributed by atoms with Gasteiger partial charge >= 0.3 is 0 Å². The lowest BCUT2D eigenvalue weighted by Crippen LogP contribution is -2.42. The third-order valence-electron chi connectivity index (χ3n) is 5.39. The van der Waals surface area contributed by atoms with Gasteiger partial charge in [-0.15, -0.1) is 0 Å². The van der Waals surface area contributed by atoms with Crippen LogP contribution in [0.25, 0.3) is 0 Å². The van der Waals surface area contributed by atoms with E-state index in [1.807, 2.05) is 6.92 Å². The van der Waals surface area contributed by atoms with Gasteiger partial charge in [0.15, 0.2) is 0 Å². The second-order valence-corrected chi connectivity index (χ2v) is 6.76. The normalized spacial score (nSPS) is 30.5. The lowest BCUT2D eigenvalue weighted by atomic mass is 9.90. The number of benzene rings is 1. The average Bonchev–Trinajstić information content (AvgIpc) is 2.69. The number of hydrogen-bond acceptors (Lipinski definition) is 4. The average molecular weight is 290 g/mol. The maximum absolute atomic E-state index is 9.91. The van der Waals surface area contributed by atoms with Crippen molar-refractivity contribution in [2.45, 2.75) is 50.7 Å². The van der Waals surface area contributed by atoms with E-state index in [1.165, 1.54) is 31.7 Å². The molecule has 0 aliphatic carbocycles. The Morgan fingerprint density at radius 1 is 1.24 bits per heavy atom. The topological polar surface area (TPSA) is 55.7 Å². The number of nitrogens with zero attached hydrogens (tertiary/aromatic N) is 1. The lowest BCUT2D eigenvalue weighted by Gasteiger charge is -2.36. The van der Waals surface area contributed by atoms with Gasteiger partial charge < -0.3 is 20.4 Å². The van der Waals surface area contributed by atoms with Gasteiger partial charge in [-0.05, 0) is 70.3 Å². The molecule has 1 aromatic rings. The SMILES string of the molecule is CC(NCC1CC2CCC(C1)N2C)c1cc(O)ccc1O. The van der Waals surface area contributed by atoms with Crippen LogP contribution >= 0.6 is 0 Å². The zero-order chi connectivity index (χ0) is 15.0. The summed E-state index contributed by atoms with van der Waals surface area (Å²) in [4.78, 5) is 2.56. The van der Waals surface area contributed by atoms with Gasteiger partial charge in [0.05, 0.1) is 0 Å². The van der Waals surface area contributed by atoms with Gasteiger partial charge in [-0.2, -0.15) is 0 Å². The van der Waals surface area contributed by atoms with E-state index in [-0.39, 0.29) is 17.5 Å². The van der Waals surface area contributed by atoms with Crippen molar-refractivity contribution in [3.05, 3.63) is 23.8 Å². The first-order valence-corrected chi connectivity index (χ1v) is 8.01. The lowest BCUT2D eigenvalue weighted by molar-refractivity contribution is 0.131. The first-order valence-electron chi connectivity index (χ1n) is 8.01. The van der Waals surface area contributed by atoms with E-state index in [0.29, 0.717) is 0 Å². The number of phenols is 2. The van der Waals surface area contributed by atoms with Crippen molar-refractivity contribution in [3.63, 3.8) is 0 Å². The van der Waals surface area contributed by atoms with E-state index in [2.05, 4.69) is 17.3 Å². The van der Waals surface area contributed by atoms with Crippen molar-refractivity contribution in [3.8, 4) is 11.5 Å². The molecule has 3 atom stereocenters. The minimum Gasteiger partial charge on any atom is -0.508 e. The van der Waals surface area contributed by atoms with Crippen LogP contribution in [0.15, 0.2) is 18.2 Å². The van der Waals surface area contributed by atoms with Crippen LogP contribution in [0.5, 0.6) is 11.5 Å². The zero-order valence-corrected chi connectivity index (χ0v) is 12.9. The van der Waals surface area contributed by atoms with E-state index in [1.54, 1.807) is 12.1 Å². The fraction of sp³-hybridized carbons (Fsp3) is 0.647. The Hall–Kier alpha value is -1.26. The molecule has 2 fully saturated rings. The quantitative estimate of drug-likeness (QED) is 0.746. The molecule has 3 N–H and O–H groups in total. The van der Waals surface area contributed by atoms with Gasteiger partial charge in [-0.1, -0.05) is 0 Å². The summed E-state index contributed by atoms with van der Waals surface area (Å²) >= 11 is 0. The van der Waals surface area contributed by atoms with Crippen LogP contribution in [-0.4, -0.2) is 40.8 Å². The molecule has 2 aliphatic rings. The van der Waals surface area contributed by atoms with Crippen LogP contribution < -0.4 is 5.32 Å². The molecule has 2 heterocycles. The summed E-state index contributed by atoms with van der Waals surface area (Å²) in [6, 6.07) is 6.29. The molecule has 2 aliphatic heterocycles. The number of fused-ring (bicyclic) bond motifs is 2. The number of phenolic OH excluding ortho intramolecular Hbond substituents is 2. The minimum atomic E-state index is 0.0504. The van der Waals surface area contributed by atoms with E-state index in [9.17, 15) is 10.2 Å². The molecule has 4 nitrogen and oxygen atoms in total. The fourth-order valence-electron chi connectivity index (χ4n) is 4.03. The van der Waals surface area contributed by atoms with Crippen LogP contribution in [-0.2, 0) is 0 Å². The van der Waals surface area contributed by atoms with Crippen molar-refractivity contribution < 1.29 is 10.2 Å². The summed E-state index contributed by atoms with van der Waals surface area (Å²) in [5.41, 5.74) is 0.769. The van der Waals surface area contributed by atoms with E-state index in [0.717, 1.165) is 30.1 Å². The molecule has 0 spiro atoms. The number of aromatic hydroxyl groups is 2. The molecule has 3 unspecified atom stereocenters. The molecule has 3 rings (SSSR count). The molecule has 21 heavy (non-hydrogen) atoms. The van der Waals surface area contributed by atoms with Crippen LogP contribution in [0, 0.1) is 5.92 Å². The maximum Gasteiger partial charge on any atom is 0.120 e. The summed E-state index contributed by atoms with van der Waals surface area (Å²) in [5, 5.41) is 23.0. The molecule has 4 heteroatoms. The molecule has 1 aromatic carbocycles. The fourth-order valence-corrected chi connectivity index (χ4v) is 4.03. The Labute approximate surface area is 126 Å². The first kappa shape index (κ1) is 14.7. The standard InChI is InChI=1S/C17H26N2O2/c1-11(16-9-15(20)5-6-17(16)21)18-10-12-7-13-3-4-14(8-12)19(13)2/h5-6,9,11-14,18,20-21H,3-4,7-8,10H2,1-2H3. The maximum atomic E-state index is 9.91. The van der Waals surface area contributed by atoms with Crippen molar-refractivity contribution >= 4 is 0 Å². The molecule has 0 aromatic heterocycles. The van der Waals surface area contributed by atoms with Crippen LogP contribution in [0.4, 0.5) is 0 Å². The van der Waals surface area contributed by atoms with Crippen molar-refractivity contribution in [1.29, 1.82) is 0 Å². The smallest absolute Gasteiger partial charge is 0.120 e. The zero-order valence-electron chi connectivity index (χ0n) is 12.9. The largest absolute Gasteiger partial charge is 0.508 e. The summed E-state index contributed by atoms with van der Waals surface area (Å²) < 4.78 is 0. The van der Waals surface area contributed by atoms with Crippen LogP contribution in [0.3, 0.4) is 0 Å². The summed E-state index contributed by atoms with van der Waals surface area (Å²) in [6.07, 6.45) is 5.25. The van der Waals surface area contributed by atoms with Gasteiger partial charge in [0.2, 0.25) is 0 Å². The van der Waals surface area contributed by atoms with Crippen molar-refractivity contribution in [1.82, 2.24) is 10.2 Å². The molecule has 0 saturated carbocycles. The predicted molar refractivity (Wildman–Crippen MR) is 83.5 cm³/mol. The predicted octanol–water partition coefficient (Wildman–Crippen LogP) is 2.62. The number of hydrogen-bond donors (Lipinski definition) is 3. The van der Waals surface area contributed by atoms with Crippen molar-refractivity contribution in [2.75, 3.05) is 13.6 Å². The minimum absolute atomic E-state index is 0.0504. The summed E-state index contributed by atoms with van der Waals surface area (Å²) in [6.45, 7) is 3.02. The van der Waals surface area contributed by atoms with Crippen LogP contribution in [0.2, 0.25) is 0 Å². The van der Waals surface area contributed by atoms with Crippen LogP contribution in [0.1, 0.15) is 44.2 Å². The Morgan fingerprint density at radius 3 is 2.57 bits per heavy atom. The van der Waals surface area contributed by atoms with Gasteiger partial charge in [-0.25, -0.2) is 0 Å². The van der Waals surface area contributed by atoms with Gasteiger partial charge in [-0.3, -0.25) is 0 Å². The van der Waals surface area contributed by atoms with Gasteiger partial charge in [0.25, 0.3) is 0 Å². The number of nitrogens with one attached hydrogen (secondary N) is 1. The van der Waals surface area contributed by atoms with E-state index < -0.39 is 0 Å². The Morgan fingerprint density at radius 2 is 1.90 bits per heavy atom. The van der Waals surface area contributed by atoms with E-state index in [4.69, 9.17) is 0 Å². The summed E-state index contributed by atoms with van der Waals surface area (Å²) in [5.74, 6) is 1.17. The number of piperidine rings is 1. The van der Waals surface area contributed by atoms with Crippen molar-refractivity contribution in [2.24, 2.45) is 5.92 Å². The highest BCUT2D eigenvalue weighted by molar-refractivity contribution is 5.40. The van der Waals surface area contributed by atoms with Gasteiger partial charge in [0, 0.05) is 23.7 Å². The second-order valence-electron chi connectivity index (χ2n) is 6.76. The third kappa shape index (κ3) is 3.01. The molecule has 0 amide bonds. The first-order chi connectivity index (χ1) is 10.0. The third-order valence-corrected chi connectivity index (χ3v) is 5.39. The Balaban J connectivity index is 1.57. The highest BCUT2D eigenvalue weighted by atomic mass is 16.3. The molecule has 2 saturated heterocycles. The van der Waals surface area contributed by atoms with Gasteiger partial charge in [0.1, 0.15) is 11.5 Å². The number of rotatable bonds is 4. The Kier molecular flexibility index (Phi) is 4.09. The molecular weight excluding hydrogens is 264 g/mol. The second kappa shape index (κ2) is 5.85. The van der Waals surface area contributed by atoms with E-state index >= 15 is 0 Å². The summed E-state index contributed by atoms with van der Waals surface area (Å²) in [7, 11) is 2.26. The molecule has 2 bridgehead atoms. The molecule has 0 radical (unpaired) electrons. The Bertz CT molecular complexity index is 492.